The lowest BCUT2D eigenvalue weighted by Crippen LogP contribution is -2.13. The lowest BCUT2D eigenvalue weighted by atomic mass is 10.2. The topological polar surface area (TPSA) is 96.0 Å². The van der Waals surface area contributed by atoms with Crippen molar-refractivity contribution in [2.24, 2.45) is 0 Å². The van der Waals surface area contributed by atoms with Crippen LogP contribution in [0.5, 0.6) is 0 Å². The number of nitrogens with one attached hydrogen (secondary N) is 1. The molecule has 0 aliphatic carbocycles. The van der Waals surface area contributed by atoms with Crippen LogP contribution in [0.1, 0.15) is 5.56 Å². The van der Waals surface area contributed by atoms with Gasteiger partial charge in [0, 0.05) is 10.2 Å². The van der Waals surface area contributed by atoms with Crippen molar-refractivity contribution in [2.45, 2.75) is 4.90 Å². The number of rotatable bonds is 3. The van der Waals surface area contributed by atoms with Crippen molar-refractivity contribution < 1.29 is 12.8 Å². The predicted octanol–water partition coefficient (Wildman–Crippen LogP) is 2.84. The zero-order valence-electron chi connectivity index (χ0n) is 10.5. The average molecular weight is 370 g/mol. The average Bonchev–Trinajstić information content (AvgIpc) is 2.43. The predicted molar refractivity (Wildman–Crippen MR) is 80.5 cm³/mol. The molecule has 0 radical (unpaired) electrons. The van der Waals surface area contributed by atoms with E-state index in [4.69, 9.17) is 11.0 Å². The Morgan fingerprint density at radius 3 is 2.57 bits per heavy atom. The number of nitrogens with zero attached hydrogens (tertiary/aromatic N) is 1. The molecule has 0 heterocycles. The van der Waals surface area contributed by atoms with Crippen molar-refractivity contribution in [1.29, 1.82) is 5.26 Å². The van der Waals surface area contributed by atoms with Crippen molar-refractivity contribution >= 4 is 37.3 Å². The van der Waals surface area contributed by atoms with E-state index in [0.717, 1.165) is 18.2 Å². The Hall–Kier alpha value is -2.11. The van der Waals surface area contributed by atoms with Crippen LogP contribution in [-0.2, 0) is 10.0 Å². The summed E-state index contributed by atoms with van der Waals surface area (Å²) >= 11 is 3.20. The van der Waals surface area contributed by atoms with Gasteiger partial charge in [0.15, 0.2) is 0 Å². The summed E-state index contributed by atoms with van der Waals surface area (Å²) < 4.78 is 40.5. The monoisotopic (exact) mass is 369 g/mol. The summed E-state index contributed by atoms with van der Waals surface area (Å²) in [6, 6.07) is 9.14. The third kappa shape index (κ3) is 3.32. The van der Waals surface area contributed by atoms with Gasteiger partial charge in [-0.1, -0.05) is 0 Å². The Balaban J connectivity index is 2.38. The minimum absolute atomic E-state index is 0.207. The molecule has 108 valence electrons. The number of sulfonamides is 1. The van der Waals surface area contributed by atoms with Crippen LogP contribution in [-0.4, -0.2) is 8.42 Å². The first kappa shape index (κ1) is 15.3. The van der Waals surface area contributed by atoms with Gasteiger partial charge in [-0.15, -0.1) is 0 Å². The molecule has 2 rings (SSSR count). The molecule has 0 atom stereocenters. The quantitative estimate of drug-likeness (QED) is 0.812. The summed E-state index contributed by atoms with van der Waals surface area (Å²) in [5, 5.41) is 8.74. The smallest absolute Gasteiger partial charge is 0.261 e. The van der Waals surface area contributed by atoms with E-state index in [0.29, 0.717) is 10.2 Å². The molecule has 2 aromatic rings. The number of hydrogen-bond donors (Lipinski definition) is 2. The molecule has 0 unspecified atom stereocenters. The molecule has 0 spiro atoms. The van der Waals surface area contributed by atoms with E-state index in [1.165, 1.54) is 12.1 Å². The fourth-order valence-corrected chi connectivity index (χ4v) is 2.90. The molecule has 0 saturated carbocycles. The Morgan fingerprint density at radius 1 is 1.24 bits per heavy atom. The van der Waals surface area contributed by atoms with Gasteiger partial charge in [0.2, 0.25) is 0 Å². The molecule has 0 aliphatic heterocycles. The Morgan fingerprint density at radius 2 is 1.95 bits per heavy atom. The first-order valence-electron chi connectivity index (χ1n) is 5.61. The van der Waals surface area contributed by atoms with E-state index >= 15 is 0 Å². The maximum absolute atomic E-state index is 13.2. The molecule has 3 N–H and O–H groups in total. The van der Waals surface area contributed by atoms with Crippen molar-refractivity contribution in [2.75, 3.05) is 10.5 Å². The standard InChI is InChI=1S/C13H9BrFN3O2S/c14-11-3-1-9(6-13(11)17)18-21(19,20)10-2-4-12(15)8(5-10)7-16/h1-6,18H,17H2. The molecule has 0 bridgehead atoms. The van der Waals surface area contributed by atoms with Crippen LogP contribution < -0.4 is 10.5 Å². The van der Waals surface area contributed by atoms with E-state index in [2.05, 4.69) is 20.7 Å². The minimum Gasteiger partial charge on any atom is -0.398 e. The normalized spacial score (nSPS) is 10.9. The molecule has 8 heteroatoms. The Bertz CT molecular complexity index is 847. The highest BCUT2D eigenvalue weighted by molar-refractivity contribution is 9.10. The number of halogens is 2. The number of benzene rings is 2. The van der Waals surface area contributed by atoms with Gasteiger partial charge in [-0.2, -0.15) is 5.26 Å². The summed E-state index contributed by atoms with van der Waals surface area (Å²) in [5.74, 6) is -0.774. The number of nitrogens with two attached hydrogens (primary N) is 1. The van der Waals surface area contributed by atoms with Crippen LogP contribution in [0.15, 0.2) is 45.8 Å². The summed E-state index contributed by atoms with van der Waals surface area (Å²) in [4.78, 5) is -0.207. The number of anilines is 2. The van der Waals surface area contributed by atoms with Crippen molar-refractivity contribution in [3.63, 3.8) is 0 Å². The SMILES string of the molecule is N#Cc1cc(S(=O)(=O)Nc2ccc(Br)c(N)c2)ccc1F. The second-order valence-electron chi connectivity index (χ2n) is 4.10. The molecule has 5 nitrogen and oxygen atoms in total. The first-order valence-corrected chi connectivity index (χ1v) is 7.88. The van der Waals surface area contributed by atoms with Gasteiger partial charge in [0.25, 0.3) is 10.0 Å². The molecule has 0 amide bonds. The van der Waals surface area contributed by atoms with Gasteiger partial charge in [-0.25, -0.2) is 12.8 Å². The molecule has 0 saturated heterocycles. The molecular formula is C13H9BrFN3O2S. The van der Waals surface area contributed by atoms with Crippen LogP contribution in [0.25, 0.3) is 0 Å². The van der Waals surface area contributed by atoms with Crippen LogP contribution in [0.2, 0.25) is 0 Å². The first-order chi connectivity index (χ1) is 9.83. The van der Waals surface area contributed by atoms with Gasteiger partial charge in [0.05, 0.1) is 16.1 Å². The van der Waals surface area contributed by atoms with E-state index < -0.39 is 15.8 Å². The maximum Gasteiger partial charge on any atom is 0.261 e. The van der Waals surface area contributed by atoms with Gasteiger partial charge in [0.1, 0.15) is 11.9 Å². The maximum atomic E-state index is 13.2. The fraction of sp³-hybridized carbons (Fsp3) is 0. The molecular weight excluding hydrogens is 361 g/mol. The molecule has 2 aromatic carbocycles. The van der Waals surface area contributed by atoms with Crippen LogP contribution >= 0.6 is 15.9 Å². The minimum atomic E-state index is -3.93. The van der Waals surface area contributed by atoms with Gasteiger partial charge >= 0.3 is 0 Å². The third-order valence-corrected chi connectivity index (χ3v) is 4.72. The highest BCUT2D eigenvalue weighted by Gasteiger charge is 2.16. The lowest BCUT2D eigenvalue weighted by molar-refractivity contribution is 0.599. The highest BCUT2D eigenvalue weighted by Crippen LogP contribution is 2.25. The summed E-state index contributed by atoms with van der Waals surface area (Å²) in [5.41, 5.74) is 5.96. The van der Waals surface area contributed by atoms with E-state index in [1.54, 1.807) is 12.1 Å². The van der Waals surface area contributed by atoms with Gasteiger partial charge < -0.3 is 5.73 Å². The number of nitrogen functional groups attached to an aromatic ring is 1. The second-order valence-corrected chi connectivity index (χ2v) is 6.63. The summed E-state index contributed by atoms with van der Waals surface area (Å²) in [7, 11) is -3.93. The van der Waals surface area contributed by atoms with Crippen molar-refractivity contribution in [3.8, 4) is 6.07 Å². The molecule has 0 fully saturated rings. The Labute approximate surface area is 129 Å². The summed E-state index contributed by atoms with van der Waals surface area (Å²) in [6.45, 7) is 0. The zero-order valence-corrected chi connectivity index (χ0v) is 12.9. The summed E-state index contributed by atoms with van der Waals surface area (Å²) in [6.07, 6.45) is 0. The number of hydrogen-bond acceptors (Lipinski definition) is 4. The van der Waals surface area contributed by atoms with Crippen LogP contribution in [0.3, 0.4) is 0 Å². The number of nitriles is 1. The van der Waals surface area contributed by atoms with Gasteiger partial charge in [-0.3, -0.25) is 4.72 Å². The molecule has 21 heavy (non-hydrogen) atoms. The van der Waals surface area contributed by atoms with E-state index in [-0.39, 0.29) is 16.1 Å². The third-order valence-electron chi connectivity index (χ3n) is 2.62. The second kappa shape index (κ2) is 5.71. The van der Waals surface area contributed by atoms with E-state index in [1.807, 2.05) is 0 Å². The Kier molecular flexibility index (Phi) is 4.16. The van der Waals surface area contributed by atoms with Gasteiger partial charge in [-0.05, 0) is 52.3 Å². The fourth-order valence-electron chi connectivity index (χ4n) is 1.58. The van der Waals surface area contributed by atoms with Crippen molar-refractivity contribution in [1.82, 2.24) is 0 Å². The highest BCUT2D eigenvalue weighted by atomic mass is 79.9. The van der Waals surface area contributed by atoms with Crippen molar-refractivity contribution in [3.05, 3.63) is 52.3 Å². The van der Waals surface area contributed by atoms with Crippen LogP contribution in [0.4, 0.5) is 15.8 Å². The van der Waals surface area contributed by atoms with Crippen LogP contribution in [0, 0.1) is 17.1 Å². The largest absolute Gasteiger partial charge is 0.398 e. The zero-order chi connectivity index (χ0) is 15.6. The van der Waals surface area contributed by atoms with E-state index in [9.17, 15) is 12.8 Å². The molecule has 0 aromatic heterocycles. The lowest BCUT2D eigenvalue weighted by Gasteiger charge is -2.09. The molecule has 0 aliphatic rings.